The molecule has 0 atom stereocenters. The van der Waals surface area contributed by atoms with Crippen molar-refractivity contribution in [3.8, 4) is 0 Å². The van der Waals surface area contributed by atoms with Crippen LogP contribution in [-0.2, 0) is 18.9 Å². The highest BCUT2D eigenvalue weighted by Crippen LogP contribution is 2.18. The fourth-order valence-electron chi connectivity index (χ4n) is 1.12. The van der Waals surface area contributed by atoms with Crippen LogP contribution in [0.4, 0.5) is 0 Å². The monoisotopic (exact) mass is 237 g/mol. The number of ether oxygens (including phenoxy) is 4. The SMILES string of the molecule is CCOC(=N)C(OCC)(OCC)OCC.O. The van der Waals surface area contributed by atoms with Crippen molar-refractivity contribution in [1.29, 1.82) is 5.41 Å². The first-order chi connectivity index (χ1) is 7.16. The van der Waals surface area contributed by atoms with Gasteiger partial charge in [0.2, 0.25) is 0 Å². The second-order valence-corrected chi connectivity index (χ2v) is 2.62. The summed E-state index contributed by atoms with van der Waals surface area (Å²) in [4.78, 5) is 0. The third kappa shape index (κ3) is 4.89. The minimum Gasteiger partial charge on any atom is -0.476 e. The molecule has 0 saturated heterocycles. The van der Waals surface area contributed by atoms with Gasteiger partial charge in [0.05, 0.1) is 26.4 Å². The minimum absolute atomic E-state index is 0. The van der Waals surface area contributed by atoms with Crippen LogP contribution in [0.1, 0.15) is 27.7 Å². The van der Waals surface area contributed by atoms with Crippen LogP contribution in [0, 0.1) is 5.41 Å². The van der Waals surface area contributed by atoms with E-state index in [2.05, 4.69) is 0 Å². The lowest BCUT2D eigenvalue weighted by Crippen LogP contribution is -2.48. The molecule has 0 fully saturated rings. The Balaban J connectivity index is 0. The Kier molecular flexibility index (Phi) is 10.5. The van der Waals surface area contributed by atoms with E-state index in [1.807, 2.05) is 20.8 Å². The first kappa shape index (κ1) is 17.7. The maximum absolute atomic E-state index is 7.71. The Morgan fingerprint density at radius 2 is 1.25 bits per heavy atom. The summed E-state index contributed by atoms with van der Waals surface area (Å²) in [5.41, 5.74) is 0. The van der Waals surface area contributed by atoms with Gasteiger partial charge in [0.25, 0.3) is 5.90 Å². The van der Waals surface area contributed by atoms with E-state index in [1.54, 1.807) is 6.92 Å². The predicted molar refractivity (Wildman–Crippen MR) is 60.6 cm³/mol. The Hall–Kier alpha value is -0.690. The lowest BCUT2D eigenvalue weighted by molar-refractivity contribution is -0.338. The highest BCUT2D eigenvalue weighted by Gasteiger charge is 2.40. The highest BCUT2D eigenvalue weighted by atomic mass is 16.9. The fraction of sp³-hybridized carbons (Fsp3) is 0.900. The largest absolute Gasteiger partial charge is 0.476 e. The van der Waals surface area contributed by atoms with E-state index in [4.69, 9.17) is 24.4 Å². The number of rotatable bonds is 8. The second-order valence-electron chi connectivity index (χ2n) is 2.62. The Morgan fingerprint density at radius 3 is 1.50 bits per heavy atom. The molecule has 0 aliphatic carbocycles. The third-order valence-electron chi connectivity index (χ3n) is 1.57. The van der Waals surface area contributed by atoms with E-state index >= 15 is 0 Å². The maximum Gasteiger partial charge on any atom is 0.364 e. The van der Waals surface area contributed by atoms with Crippen molar-refractivity contribution in [2.75, 3.05) is 26.4 Å². The van der Waals surface area contributed by atoms with Crippen LogP contribution in [0.3, 0.4) is 0 Å². The van der Waals surface area contributed by atoms with Crippen molar-refractivity contribution >= 4 is 5.90 Å². The molecule has 0 bridgehead atoms. The normalized spacial score (nSPS) is 10.8. The number of hydrogen-bond acceptors (Lipinski definition) is 5. The Morgan fingerprint density at radius 1 is 0.875 bits per heavy atom. The molecule has 0 aromatic heterocycles. The molecule has 3 N–H and O–H groups in total. The van der Waals surface area contributed by atoms with Gasteiger partial charge in [0, 0.05) is 0 Å². The predicted octanol–water partition coefficient (Wildman–Crippen LogP) is 0.939. The van der Waals surface area contributed by atoms with Crippen LogP contribution in [0.25, 0.3) is 0 Å². The summed E-state index contributed by atoms with van der Waals surface area (Å²) in [5.74, 6) is -1.62. The molecule has 0 aliphatic heterocycles. The van der Waals surface area contributed by atoms with Crippen LogP contribution >= 0.6 is 0 Å². The summed E-state index contributed by atoms with van der Waals surface area (Å²) in [6, 6.07) is 0. The number of nitrogens with one attached hydrogen (secondary N) is 1. The highest BCUT2D eigenvalue weighted by molar-refractivity contribution is 5.79. The molecule has 0 unspecified atom stereocenters. The molecule has 0 heterocycles. The van der Waals surface area contributed by atoms with Crippen LogP contribution in [0.15, 0.2) is 0 Å². The van der Waals surface area contributed by atoms with Crippen LogP contribution in [0.2, 0.25) is 0 Å². The van der Waals surface area contributed by atoms with Crippen LogP contribution in [-0.4, -0.2) is 43.8 Å². The van der Waals surface area contributed by atoms with Gasteiger partial charge in [-0.1, -0.05) is 0 Å². The van der Waals surface area contributed by atoms with Gasteiger partial charge in [-0.2, -0.15) is 0 Å². The molecular formula is C10H23NO5. The Labute approximate surface area is 96.6 Å². The van der Waals surface area contributed by atoms with E-state index in [1.165, 1.54) is 0 Å². The number of hydrogen-bond donors (Lipinski definition) is 1. The van der Waals surface area contributed by atoms with Crippen molar-refractivity contribution in [2.45, 2.75) is 33.7 Å². The average Bonchev–Trinajstić information content (AvgIpc) is 2.19. The molecule has 0 aromatic rings. The van der Waals surface area contributed by atoms with Crippen molar-refractivity contribution in [3.63, 3.8) is 0 Å². The molecule has 6 heteroatoms. The van der Waals surface area contributed by atoms with E-state index in [0.717, 1.165) is 0 Å². The molecule has 0 radical (unpaired) electrons. The van der Waals surface area contributed by atoms with E-state index in [9.17, 15) is 0 Å². The molecule has 0 saturated carbocycles. The van der Waals surface area contributed by atoms with Gasteiger partial charge in [-0.25, -0.2) is 0 Å². The topological polar surface area (TPSA) is 92.3 Å². The first-order valence-electron chi connectivity index (χ1n) is 5.30. The molecule has 0 amide bonds. The molecule has 0 aromatic carbocycles. The van der Waals surface area contributed by atoms with Gasteiger partial charge in [-0.15, -0.1) is 0 Å². The zero-order valence-corrected chi connectivity index (χ0v) is 10.5. The molecular weight excluding hydrogens is 214 g/mol. The lowest BCUT2D eigenvalue weighted by Gasteiger charge is -2.31. The average molecular weight is 237 g/mol. The summed E-state index contributed by atoms with van der Waals surface area (Å²) in [5, 5.41) is 7.71. The first-order valence-corrected chi connectivity index (χ1v) is 5.30. The van der Waals surface area contributed by atoms with Gasteiger partial charge in [-0.05, 0) is 27.7 Å². The standard InChI is InChI=1S/C10H21NO4.H2O/c1-5-12-9(11)10(13-6-2,14-7-3)15-8-4;/h11H,5-8H2,1-4H3;1H2. The molecule has 0 rings (SSSR count). The van der Waals surface area contributed by atoms with Crippen molar-refractivity contribution in [2.24, 2.45) is 0 Å². The van der Waals surface area contributed by atoms with E-state index in [-0.39, 0.29) is 11.4 Å². The Bertz CT molecular complexity index is 169. The fourth-order valence-corrected chi connectivity index (χ4v) is 1.12. The van der Waals surface area contributed by atoms with Gasteiger partial charge in [0.1, 0.15) is 0 Å². The third-order valence-corrected chi connectivity index (χ3v) is 1.57. The van der Waals surface area contributed by atoms with Crippen LogP contribution < -0.4 is 0 Å². The van der Waals surface area contributed by atoms with E-state index in [0.29, 0.717) is 26.4 Å². The van der Waals surface area contributed by atoms with Gasteiger partial charge >= 0.3 is 5.97 Å². The zero-order valence-electron chi connectivity index (χ0n) is 10.5. The molecule has 16 heavy (non-hydrogen) atoms. The minimum atomic E-state index is -1.48. The molecule has 0 spiro atoms. The second kappa shape index (κ2) is 9.53. The van der Waals surface area contributed by atoms with Crippen molar-refractivity contribution in [3.05, 3.63) is 0 Å². The van der Waals surface area contributed by atoms with Crippen LogP contribution in [0.5, 0.6) is 0 Å². The smallest absolute Gasteiger partial charge is 0.364 e. The quantitative estimate of drug-likeness (QED) is 0.386. The van der Waals surface area contributed by atoms with Gasteiger partial charge in [0.15, 0.2) is 0 Å². The summed E-state index contributed by atoms with van der Waals surface area (Å²) in [6.45, 7) is 8.77. The summed E-state index contributed by atoms with van der Waals surface area (Å²) in [6.07, 6.45) is 0. The molecule has 6 nitrogen and oxygen atoms in total. The van der Waals surface area contributed by atoms with Gasteiger partial charge in [-0.3, -0.25) is 5.41 Å². The summed E-state index contributed by atoms with van der Waals surface area (Å²) < 4.78 is 21.1. The van der Waals surface area contributed by atoms with Crippen molar-refractivity contribution < 1.29 is 24.4 Å². The van der Waals surface area contributed by atoms with Gasteiger partial charge < -0.3 is 24.4 Å². The maximum atomic E-state index is 7.71. The summed E-state index contributed by atoms with van der Waals surface area (Å²) >= 11 is 0. The zero-order chi connectivity index (χ0) is 11.7. The van der Waals surface area contributed by atoms with E-state index < -0.39 is 5.97 Å². The molecule has 0 aliphatic rings. The van der Waals surface area contributed by atoms with Crippen molar-refractivity contribution in [1.82, 2.24) is 0 Å². The molecule has 98 valence electrons. The lowest BCUT2D eigenvalue weighted by atomic mass is 10.5. The summed E-state index contributed by atoms with van der Waals surface area (Å²) in [7, 11) is 0.